The van der Waals surface area contributed by atoms with Gasteiger partial charge in [-0.2, -0.15) is 0 Å². The fraction of sp³-hybridized carbons (Fsp3) is 0.941. The van der Waals surface area contributed by atoms with E-state index in [0.717, 1.165) is 12.8 Å². The van der Waals surface area contributed by atoms with Gasteiger partial charge in [0.25, 0.3) is 0 Å². The van der Waals surface area contributed by atoms with Gasteiger partial charge < -0.3 is 24.4 Å². The molecule has 0 radical (unpaired) electrons. The van der Waals surface area contributed by atoms with Crippen molar-refractivity contribution < 1.29 is 29.2 Å². The molecule has 1 aliphatic heterocycles. The lowest BCUT2D eigenvalue weighted by Gasteiger charge is -2.36. The van der Waals surface area contributed by atoms with E-state index in [1.807, 2.05) is 27.7 Å². The van der Waals surface area contributed by atoms with Crippen molar-refractivity contribution in [2.24, 2.45) is 5.92 Å². The summed E-state index contributed by atoms with van der Waals surface area (Å²) in [6, 6.07) is 0. The van der Waals surface area contributed by atoms with E-state index in [9.17, 15) is 15.0 Å². The number of hydrogen-bond acceptors (Lipinski definition) is 6. The summed E-state index contributed by atoms with van der Waals surface area (Å²) >= 11 is 0. The van der Waals surface area contributed by atoms with Crippen molar-refractivity contribution in [2.75, 3.05) is 0 Å². The first kappa shape index (κ1) is 20.4. The van der Waals surface area contributed by atoms with E-state index >= 15 is 0 Å². The molecule has 0 aromatic carbocycles. The molecule has 0 aliphatic carbocycles. The number of aliphatic hydroxyl groups excluding tert-OH is 2. The van der Waals surface area contributed by atoms with E-state index < -0.39 is 18.5 Å². The summed E-state index contributed by atoms with van der Waals surface area (Å²) in [5.41, 5.74) is 0. The Labute approximate surface area is 139 Å². The van der Waals surface area contributed by atoms with Crippen LogP contribution in [0.3, 0.4) is 0 Å². The fourth-order valence-electron chi connectivity index (χ4n) is 2.58. The maximum atomic E-state index is 11.6. The van der Waals surface area contributed by atoms with Crippen LogP contribution in [0, 0.1) is 5.92 Å². The van der Waals surface area contributed by atoms with Gasteiger partial charge in [-0.25, -0.2) is 0 Å². The minimum Gasteiger partial charge on any atom is -0.463 e. The SMILES string of the molecule is CC(CC[C@@H](C)O[C@@H]1O[C@@H](C)[C@H](O)C[C@H]1O)CC(=O)OC(C)C. The third-order valence-electron chi connectivity index (χ3n) is 4.00. The molecule has 0 amide bonds. The van der Waals surface area contributed by atoms with Crippen molar-refractivity contribution in [1.82, 2.24) is 0 Å². The minimum absolute atomic E-state index is 0.0840. The van der Waals surface area contributed by atoms with E-state index in [-0.39, 0.29) is 36.6 Å². The molecule has 1 heterocycles. The largest absolute Gasteiger partial charge is 0.463 e. The van der Waals surface area contributed by atoms with Crippen LogP contribution in [0.2, 0.25) is 0 Å². The minimum atomic E-state index is -0.818. The lowest BCUT2D eigenvalue weighted by molar-refractivity contribution is -0.273. The zero-order chi connectivity index (χ0) is 17.6. The van der Waals surface area contributed by atoms with E-state index in [2.05, 4.69) is 0 Å². The Morgan fingerprint density at radius 3 is 2.43 bits per heavy atom. The van der Waals surface area contributed by atoms with Gasteiger partial charge in [0, 0.05) is 12.8 Å². The molecule has 0 saturated carbocycles. The van der Waals surface area contributed by atoms with Crippen LogP contribution in [0.25, 0.3) is 0 Å². The van der Waals surface area contributed by atoms with Gasteiger partial charge in [-0.15, -0.1) is 0 Å². The summed E-state index contributed by atoms with van der Waals surface area (Å²) in [6.45, 7) is 9.38. The van der Waals surface area contributed by atoms with Crippen LogP contribution >= 0.6 is 0 Å². The van der Waals surface area contributed by atoms with Crippen LogP contribution in [0.1, 0.15) is 60.3 Å². The third kappa shape index (κ3) is 7.61. The van der Waals surface area contributed by atoms with Crippen LogP contribution in [-0.4, -0.2) is 53.0 Å². The lowest BCUT2D eigenvalue weighted by Crippen LogP contribution is -2.48. The molecule has 2 N–H and O–H groups in total. The average Bonchev–Trinajstić information content (AvgIpc) is 2.41. The Morgan fingerprint density at radius 1 is 1.17 bits per heavy atom. The molecule has 23 heavy (non-hydrogen) atoms. The molecule has 0 aromatic rings. The second kappa shape index (κ2) is 9.57. The summed E-state index contributed by atoms with van der Waals surface area (Å²) in [5, 5.41) is 19.6. The maximum absolute atomic E-state index is 11.6. The highest BCUT2D eigenvalue weighted by Crippen LogP contribution is 2.23. The Balaban J connectivity index is 2.28. The average molecular weight is 332 g/mol. The van der Waals surface area contributed by atoms with Crippen molar-refractivity contribution in [2.45, 2.75) is 97.1 Å². The first-order valence-corrected chi connectivity index (χ1v) is 8.55. The predicted molar refractivity (Wildman–Crippen MR) is 85.8 cm³/mol. The third-order valence-corrected chi connectivity index (χ3v) is 4.00. The molecule has 1 fully saturated rings. The van der Waals surface area contributed by atoms with Gasteiger partial charge in [0.15, 0.2) is 6.29 Å². The highest BCUT2D eigenvalue weighted by Gasteiger charge is 2.35. The number of esters is 1. The Kier molecular flexibility index (Phi) is 8.47. The summed E-state index contributed by atoms with van der Waals surface area (Å²) < 4.78 is 16.4. The molecule has 0 aromatic heterocycles. The number of carbonyl (C=O) groups is 1. The van der Waals surface area contributed by atoms with Gasteiger partial charge in [0.1, 0.15) is 6.10 Å². The number of aliphatic hydroxyl groups is 2. The highest BCUT2D eigenvalue weighted by molar-refractivity contribution is 5.69. The topological polar surface area (TPSA) is 85.2 Å². The first-order valence-electron chi connectivity index (χ1n) is 8.55. The molecule has 0 spiro atoms. The van der Waals surface area contributed by atoms with Gasteiger partial charge in [-0.1, -0.05) is 6.92 Å². The molecule has 1 saturated heterocycles. The molecule has 1 unspecified atom stereocenters. The molecule has 136 valence electrons. The van der Waals surface area contributed by atoms with E-state index in [1.165, 1.54) is 0 Å². The molecule has 1 aliphatic rings. The van der Waals surface area contributed by atoms with Gasteiger partial charge in [-0.3, -0.25) is 4.79 Å². The van der Waals surface area contributed by atoms with Crippen LogP contribution < -0.4 is 0 Å². The van der Waals surface area contributed by atoms with Crippen LogP contribution in [0.5, 0.6) is 0 Å². The van der Waals surface area contributed by atoms with Crippen LogP contribution in [-0.2, 0) is 19.0 Å². The van der Waals surface area contributed by atoms with Gasteiger partial charge in [0.2, 0.25) is 0 Å². The van der Waals surface area contributed by atoms with Gasteiger partial charge in [0.05, 0.1) is 24.4 Å². The summed E-state index contributed by atoms with van der Waals surface area (Å²) in [7, 11) is 0. The van der Waals surface area contributed by atoms with Gasteiger partial charge >= 0.3 is 5.97 Å². The van der Waals surface area contributed by atoms with Crippen LogP contribution in [0.4, 0.5) is 0 Å². The van der Waals surface area contributed by atoms with E-state index in [4.69, 9.17) is 14.2 Å². The first-order chi connectivity index (χ1) is 10.7. The van der Waals surface area contributed by atoms with E-state index in [0.29, 0.717) is 6.42 Å². The molecular weight excluding hydrogens is 300 g/mol. The molecule has 6 heteroatoms. The smallest absolute Gasteiger partial charge is 0.306 e. The molecular formula is C17H32O6. The molecule has 1 rings (SSSR count). The number of rotatable bonds is 8. The normalized spacial score (nSPS) is 31.0. The number of ether oxygens (including phenoxy) is 3. The quantitative estimate of drug-likeness (QED) is 0.661. The van der Waals surface area contributed by atoms with Crippen molar-refractivity contribution in [3.05, 3.63) is 0 Å². The molecule has 6 nitrogen and oxygen atoms in total. The number of carbonyl (C=O) groups excluding carboxylic acids is 1. The maximum Gasteiger partial charge on any atom is 0.306 e. The fourth-order valence-corrected chi connectivity index (χ4v) is 2.58. The van der Waals surface area contributed by atoms with Crippen molar-refractivity contribution in [3.63, 3.8) is 0 Å². The second-order valence-electron chi connectivity index (χ2n) is 6.95. The number of hydrogen-bond donors (Lipinski definition) is 2. The lowest BCUT2D eigenvalue weighted by atomic mass is 9.99. The molecule has 0 bridgehead atoms. The Bertz CT molecular complexity index is 359. The summed E-state index contributed by atoms with van der Waals surface area (Å²) in [4.78, 5) is 11.6. The van der Waals surface area contributed by atoms with Crippen molar-refractivity contribution in [1.29, 1.82) is 0 Å². The highest BCUT2D eigenvalue weighted by atomic mass is 16.7. The summed E-state index contributed by atoms with van der Waals surface area (Å²) in [5.74, 6) is 0.0418. The van der Waals surface area contributed by atoms with E-state index in [1.54, 1.807) is 6.92 Å². The second-order valence-corrected chi connectivity index (χ2v) is 6.95. The van der Waals surface area contributed by atoms with Crippen LogP contribution in [0.15, 0.2) is 0 Å². The van der Waals surface area contributed by atoms with Gasteiger partial charge in [-0.05, 0) is 46.5 Å². The monoisotopic (exact) mass is 332 g/mol. The van der Waals surface area contributed by atoms with Crippen molar-refractivity contribution in [3.8, 4) is 0 Å². The summed E-state index contributed by atoms with van der Waals surface area (Å²) in [6.07, 6.45) is -0.458. The molecule has 6 atom stereocenters. The predicted octanol–water partition coefficient (Wildman–Crippen LogP) is 2.01. The zero-order valence-electron chi connectivity index (χ0n) is 14.9. The Morgan fingerprint density at radius 2 is 1.83 bits per heavy atom. The standard InChI is InChI=1S/C17H32O6/c1-10(2)21-16(20)8-11(3)6-7-12(4)22-17-15(19)9-14(18)13(5)23-17/h10-15,17-19H,6-9H2,1-5H3/t11?,12-,13+,14-,15-,17-/m1/s1. The Hall–Kier alpha value is -0.690. The van der Waals surface area contributed by atoms with Crippen molar-refractivity contribution >= 4 is 5.97 Å². The zero-order valence-corrected chi connectivity index (χ0v) is 14.9.